The van der Waals surface area contributed by atoms with Gasteiger partial charge in [0, 0.05) is 45.0 Å². The maximum Gasteiger partial charge on any atom is 0.252 e. The zero-order chi connectivity index (χ0) is 77.5. The molecule has 0 saturated heterocycles. The van der Waals surface area contributed by atoms with Crippen LogP contribution in [0.5, 0.6) is 0 Å². The summed E-state index contributed by atoms with van der Waals surface area (Å²) < 4.78 is 0. The van der Waals surface area contributed by atoms with Crippen molar-refractivity contribution in [1.82, 2.24) is 0 Å². The fourth-order valence-electron chi connectivity index (χ4n) is 18.4. The standard InChI is InChI=1S/C109H99BN2/c1-104(2,3)81-59-78(60-82(63-81)105(4,5)6)76-53-56-94-96(61-76)111(102-89(71-37-21-16-22-38-71)64-83(106(7,8)9)65-90(102)72-39-23-17-24-40-72)98-68-85(108(13,14)15)69-99-101(98)110(94)95-57-54-77(62-97(95)112(99)103-91(73-41-25-18-26-42-73)66-84(107(10,11)12)67-92(103)74-43-27-19-28-44-74)86-49-35-50-88-87-48-33-34-51-93(87)109(100(86)88,79-46-29-20-30-47-79)80-55-52-70-36-31-32-45-75(70)58-80/h16-69H,1-15H3. The molecule has 2 nitrogen and oxygen atoms in total. The number of hydrogen-bond donors (Lipinski definition) is 0. The topological polar surface area (TPSA) is 6.48 Å². The minimum Gasteiger partial charge on any atom is -0.310 e. The van der Waals surface area contributed by atoms with E-state index in [0.717, 1.165) is 45.1 Å². The Hall–Kier alpha value is -11.8. The molecule has 18 rings (SSSR count). The molecule has 0 amide bonds. The van der Waals surface area contributed by atoms with Crippen molar-refractivity contribution in [2.45, 2.75) is 136 Å². The maximum atomic E-state index is 2.77. The zero-order valence-corrected chi connectivity index (χ0v) is 67.6. The van der Waals surface area contributed by atoms with Crippen LogP contribution in [-0.2, 0) is 32.5 Å². The van der Waals surface area contributed by atoms with Crippen molar-refractivity contribution in [3.05, 3.63) is 378 Å². The zero-order valence-electron chi connectivity index (χ0n) is 67.6. The third-order valence-electron chi connectivity index (χ3n) is 24.4. The second kappa shape index (κ2) is 26.7. The molecule has 3 aliphatic rings. The molecule has 3 heteroatoms. The molecule has 2 heterocycles. The molecular weight excluding hydrogens is 1350 g/mol. The number of nitrogens with zero attached hydrogens (tertiary/aromatic N) is 2. The SMILES string of the molecule is CC(C)(C)c1cc(-c2ccc3c(c2)N(c2c(-c4ccccc4)cc(C(C)(C)C)cc2-c2ccccc2)c2cc(C(C)(C)C)cc4c2B3c2ccc(-c3cccc5c3C(c3ccccc3)(c3ccc6ccccc6c3)c3ccccc3-5)cc2N4c2c(-c3ccccc3)cc(C(C)(C)C)cc2-c2ccccc2)cc(C(C)(C)C)c1. The van der Waals surface area contributed by atoms with Crippen molar-refractivity contribution in [3.8, 4) is 77.9 Å². The van der Waals surface area contributed by atoms with E-state index in [0.29, 0.717) is 0 Å². The van der Waals surface area contributed by atoms with Crippen LogP contribution in [0.3, 0.4) is 0 Å². The number of fused-ring (bicyclic) bond motifs is 8. The quantitative estimate of drug-likeness (QED) is 0.126. The van der Waals surface area contributed by atoms with E-state index in [-0.39, 0.29) is 33.8 Å². The Bertz CT molecular complexity index is 6040. The molecule has 0 fully saturated rings. The second-order valence-corrected chi connectivity index (χ2v) is 36.9. The van der Waals surface area contributed by atoms with Crippen LogP contribution in [0, 0.1) is 0 Å². The molecule has 0 N–H and O–H groups in total. The van der Waals surface area contributed by atoms with Gasteiger partial charge in [0.15, 0.2) is 0 Å². The highest BCUT2D eigenvalue weighted by molar-refractivity contribution is 7.00. The van der Waals surface area contributed by atoms with Crippen LogP contribution in [-0.4, -0.2) is 6.71 Å². The van der Waals surface area contributed by atoms with E-state index in [2.05, 4.69) is 441 Å². The monoisotopic (exact) mass is 1450 g/mol. The minimum atomic E-state index is -0.706. The molecule has 1 atom stereocenters. The highest BCUT2D eigenvalue weighted by atomic mass is 15.2. The Morgan fingerprint density at radius 1 is 0.232 bits per heavy atom. The fourth-order valence-corrected chi connectivity index (χ4v) is 18.4. The number of benzene rings is 15. The minimum absolute atomic E-state index is 0.105. The lowest BCUT2D eigenvalue weighted by atomic mass is 9.33. The van der Waals surface area contributed by atoms with Crippen molar-refractivity contribution in [2.75, 3.05) is 9.80 Å². The van der Waals surface area contributed by atoms with Gasteiger partial charge in [-0.25, -0.2) is 0 Å². The van der Waals surface area contributed by atoms with Crippen molar-refractivity contribution in [2.24, 2.45) is 0 Å². The molecule has 2 aliphatic heterocycles. The molecule has 0 radical (unpaired) electrons. The van der Waals surface area contributed by atoms with Gasteiger partial charge in [0.05, 0.1) is 16.8 Å². The van der Waals surface area contributed by atoms with E-state index in [1.54, 1.807) is 0 Å². The summed E-state index contributed by atoms with van der Waals surface area (Å²) in [5, 5.41) is 2.44. The summed E-state index contributed by atoms with van der Waals surface area (Å²) in [7, 11) is 0. The number of hydrogen-bond acceptors (Lipinski definition) is 2. The molecule has 15 aromatic rings. The second-order valence-electron chi connectivity index (χ2n) is 36.9. The number of rotatable bonds is 10. The predicted octanol–water partition coefficient (Wildman–Crippen LogP) is 27.8. The van der Waals surface area contributed by atoms with E-state index >= 15 is 0 Å². The van der Waals surface area contributed by atoms with Crippen molar-refractivity contribution < 1.29 is 0 Å². The molecule has 15 aromatic carbocycles. The third-order valence-corrected chi connectivity index (χ3v) is 24.4. The van der Waals surface area contributed by atoms with Gasteiger partial charge < -0.3 is 9.80 Å². The van der Waals surface area contributed by atoms with E-state index in [4.69, 9.17) is 0 Å². The maximum absolute atomic E-state index is 2.77. The summed E-state index contributed by atoms with van der Waals surface area (Å²) in [4.78, 5) is 5.53. The molecule has 0 bridgehead atoms. The first-order valence-corrected chi connectivity index (χ1v) is 40.3. The van der Waals surface area contributed by atoms with Crippen molar-refractivity contribution >= 4 is 68.0 Å². The van der Waals surface area contributed by atoms with E-state index in [1.165, 1.54) is 144 Å². The van der Waals surface area contributed by atoms with Gasteiger partial charge >= 0.3 is 0 Å². The highest BCUT2D eigenvalue weighted by Crippen LogP contribution is 2.61. The molecule has 548 valence electrons. The Kier molecular flexibility index (Phi) is 17.1. The summed E-state index contributed by atoms with van der Waals surface area (Å²) in [6, 6.07) is 127. The Balaban J connectivity index is 1.02. The summed E-state index contributed by atoms with van der Waals surface area (Å²) in [6.45, 7) is 35.4. The normalized spacial score (nSPS) is 14.5. The Labute approximate surface area is 665 Å². The van der Waals surface area contributed by atoms with Crippen LogP contribution < -0.4 is 26.2 Å². The molecule has 0 spiro atoms. The molecule has 0 saturated carbocycles. The van der Waals surface area contributed by atoms with Gasteiger partial charge in [-0.15, -0.1) is 0 Å². The Morgan fingerprint density at radius 3 is 1.07 bits per heavy atom. The van der Waals surface area contributed by atoms with Crippen molar-refractivity contribution in [3.63, 3.8) is 0 Å². The molecule has 0 aromatic heterocycles. The Morgan fingerprint density at radius 2 is 0.607 bits per heavy atom. The lowest BCUT2D eigenvalue weighted by Crippen LogP contribution is -2.61. The summed E-state index contributed by atoms with van der Waals surface area (Å²) >= 11 is 0. The average molecular weight is 1450 g/mol. The summed E-state index contributed by atoms with van der Waals surface area (Å²) in [6.07, 6.45) is 0. The van der Waals surface area contributed by atoms with Crippen LogP contribution in [0.25, 0.3) is 88.7 Å². The molecule has 112 heavy (non-hydrogen) atoms. The third kappa shape index (κ3) is 12.1. The first-order valence-electron chi connectivity index (χ1n) is 40.3. The van der Waals surface area contributed by atoms with E-state index < -0.39 is 5.41 Å². The first kappa shape index (κ1) is 71.8. The number of anilines is 6. The van der Waals surface area contributed by atoms with Crippen LogP contribution in [0.2, 0.25) is 0 Å². The van der Waals surface area contributed by atoms with Gasteiger partial charge in [-0.3, -0.25) is 0 Å². The fraction of sp³-hybridized carbons (Fsp3) is 0.193. The molecular formula is C109H99BN2. The van der Waals surface area contributed by atoms with Crippen LogP contribution >= 0.6 is 0 Å². The highest BCUT2D eigenvalue weighted by Gasteiger charge is 2.50. The first-order chi connectivity index (χ1) is 53.7. The van der Waals surface area contributed by atoms with Gasteiger partial charge in [-0.1, -0.05) is 377 Å². The van der Waals surface area contributed by atoms with Crippen LogP contribution in [0.4, 0.5) is 34.1 Å². The summed E-state index contributed by atoms with van der Waals surface area (Å²) in [5.74, 6) is 0. The van der Waals surface area contributed by atoms with E-state index in [1.807, 2.05) is 0 Å². The molecule has 1 unspecified atom stereocenters. The van der Waals surface area contributed by atoms with Gasteiger partial charge in [0.25, 0.3) is 6.71 Å². The van der Waals surface area contributed by atoms with Crippen LogP contribution in [0.1, 0.15) is 154 Å². The van der Waals surface area contributed by atoms with E-state index in [9.17, 15) is 0 Å². The lowest BCUT2D eigenvalue weighted by molar-refractivity contribution is 0.569. The van der Waals surface area contributed by atoms with Gasteiger partial charge in [0.2, 0.25) is 0 Å². The lowest BCUT2D eigenvalue weighted by Gasteiger charge is -2.47. The largest absolute Gasteiger partial charge is 0.310 e. The molecule has 1 aliphatic carbocycles. The van der Waals surface area contributed by atoms with Gasteiger partial charge in [0.1, 0.15) is 0 Å². The summed E-state index contributed by atoms with van der Waals surface area (Å²) in [5.41, 5.74) is 37.2. The smallest absolute Gasteiger partial charge is 0.252 e. The predicted molar refractivity (Wildman–Crippen MR) is 481 cm³/mol. The van der Waals surface area contributed by atoms with Crippen molar-refractivity contribution in [1.29, 1.82) is 0 Å². The van der Waals surface area contributed by atoms with Crippen LogP contribution in [0.15, 0.2) is 328 Å². The average Bonchev–Trinajstić information content (AvgIpc) is 1.16. The van der Waals surface area contributed by atoms with Gasteiger partial charge in [-0.2, -0.15) is 0 Å². The van der Waals surface area contributed by atoms with Gasteiger partial charge in [-0.05, 0) is 215 Å².